The van der Waals surface area contributed by atoms with E-state index in [0.29, 0.717) is 0 Å². The van der Waals surface area contributed by atoms with Gasteiger partial charge in [-0.05, 0) is 37.5 Å². The Bertz CT molecular complexity index is 323. The van der Waals surface area contributed by atoms with Gasteiger partial charge in [0.2, 0.25) is 0 Å². The summed E-state index contributed by atoms with van der Waals surface area (Å²) in [6.07, 6.45) is -2.29. The summed E-state index contributed by atoms with van der Waals surface area (Å²) in [4.78, 5) is 0. The van der Waals surface area contributed by atoms with Crippen molar-refractivity contribution in [1.82, 2.24) is 5.32 Å². The van der Waals surface area contributed by atoms with Crippen LogP contribution >= 0.6 is 0 Å². The average Bonchev–Trinajstić information content (AvgIpc) is 2.18. The van der Waals surface area contributed by atoms with E-state index < -0.39 is 6.43 Å². The Morgan fingerprint density at radius 2 is 1.87 bits per heavy atom. The van der Waals surface area contributed by atoms with Gasteiger partial charge in [0, 0.05) is 6.04 Å². The van der Waals surface area contributed by atoms with Crippen molar-refractivity contribution in [1.29, 1.82) is 0 Å². The summed E-state index contributed by atoms with van der Waals surface area (Å²) in [5.41, 5.74) is 3.47. The van der Waals surface area contributed by atoms with Crippen molar-refractivity contribution in [2.45, 2.75) is 33.2 Å². The summed E-state index contributed by atoms with van der Waals surface area (Å²) in [7, 11) is 0. The third-order valence-corrected chi connectivity index (χ3v) is 2.61. The molecule has 0 spiro atoms. The van der Waals surface area contributed by atoms with Gasteiger partial charge in [-0.25, -0.2) is 8.78 Å². The number of nitrogens with one attached hydrogen (secondary N) is 1. The maximum Gasteiger partial charge on any atom is 0.250 e. The number of rotatable bonds is 4. The van der Waals surface area contributed by atoms with E-state index in [2.05, 4.69) is 5.32 Å². The maximum absolute atomic E-state index is 12.0. The van der Waals surface area contributed by atoms with Crippen molar-refractivity contribution in [3.05, 3.63) is 34.9 Å². The number of alkyl halides is 2. The van der Waals surface area contributed by atoms with Crippen LogP contribution in [0.3, 0.4) is 0 Å². The number of hydrogen-bond donors (Lipinski definition) is 1. The first kappa shape index (κ1) is 12.1. The largest absolute Gasteiger partial charge is 0.305 e. The van der Waals surface area contributed by atoms with E-state index in [1.165, 1.54) is 11.1 Å². The normalized spacial score (nSPS) is 13.2. The Labute approximate surface area is 89.5 Å². The molecule has 0 fully saturated rings. The predicted molar refractivity (Wildman–Crippen MR) is 58.3 cm³/mol. The zero-order chi connectivity index (χ0) is 11.4. The van der Waals surface area contributed by atoms with Crippen LogP contribution in [0.25, 0.3) is 0 Å². The number of aryl methyl sites for hydroxylation is 2. The van der Waals surface area contributed by atoms with Crippen LogP contribution in [0.1, 0.15) is 29.7 Å². The van der Waals surface area contributed by atoms with E-state index in [4.69, 9.17) is 0 Å². The van der Waals surface area contributed by atoms with Gasteiger partial charge < -0.3 is 5.32 Å². The standard InChI is InChI=1S/C12H17F2N/c1-8-4-5-11(6-9(8)2)10(3)15-7-12(13)14/h4-6,10,12,15H,7H2,1-3H3. The molecule has 0 aromatic heterocycles. The molecular formula is C12H17F2N. The molecule has 0 heterocycles. The number of halogens is 2. The Morgan fingerprint density at radius 1 is 1.20 bits per heavy atom. The minimum atomic E-state index is -2.29. The van der Waals surface area contributed by atoms with Gasteiger partial charge in [-0.2, -0.15) is 0 Å². The summed E-state index contributed by atoms with van der Waals surface area (Å²) >= 11 is 0. The second-order valence-electron chi connectivity index (χ2n) is 3.86. The predicted octanol–water partition coefficient (Wildman–Crippen LogP) is 3.22. The molecule has 0 saturated heterocycles. The van der Waals surface area contributed by atoms with Gasteiger partial charge >= 0.3 is 0 Å². The van der Waals surface area contributed by atoms with Gasteiger partial charge in [-0.1, -0.05) is 18.2 Å². The van der Waals surface area contributed by atoms with E-state index in [1.54, 1.807) is 0 Å². The van der Waals surface area contributed by atoms with E-state index in [-0.39, 0.29) is 12.6 Å². The monoisotopic (exact) mass is 213 g/mol. The summed E-state index contributed by atoms with van der Waals surface area (Å²) in [6.45, 7) is 5.70. The summed E-state index contributed by atoms with van der Waals surface area (Å²) in [5, 5.41) is 2.80. The molecule has 0 saturated carbocycles. The van der Waals surface area contributed by atoms with Crippen molar-refractivity contribution < 1.29 is 8.78 Å². The van der Waals surface area contributed by atoms with Crippen molar-refractivity contribution in [2.24, 2.45) is 0 Å². The molecule has 1 nitrogen and oxygen atoms in total. The summed E-state index contributed by atoms with van der Waals surface area (Å²) < 4.78 is 24.0. The van der Waals surface area contributed by atoms with Crippen LogP contribution in [0.4, 0.5) is 8.78 Å². The SMILES string of the molecule is Cc1ccc(C(C)NCC(F)F)cc1C. The zero-order valence-electron chi connectivity index (χ0n) is 9.35. The first-order valence-corrected chi connectivity index (χ1v) is 5.09. The average molecular weight is 213 g/mol. The molecule has 3 heteroatoms. The topological polar surface area (TPSA) is 12.0 Å². The van der Waals surface area contributed by atoms with Gasteiger partial charge in [0.15, 0.2) is 0 Å². The van der Waals surface area contributed by atoms with Gasteiger partial charge in [0.05, 0.1) is 6.54 Å². The number of benzene rings is 1. The smallest absolute Gasteiger partial charge is 0.250 e. The second kappa shape index (κ2) is 5.21. The minimum absolute atomic E-state index is 0.0294. The highest BCUT2D eigenvalue weighted by molar-refractivity contribution is 5.31. The van der Waals surface area contributed by atoms with Crippen molar-refractivity contribution in [3.8, 4) is 0 Å². The Morgan fingerprint density at radius 3 is 2.40 bits per heavy atom. The molecule has 1 aromatic rings. The van der Waals surface area contributed by atoms with Crippen LogP contribution in [0.2, 0.25) is 0 Å². The minimum Gasteiger partial charge on any atom is -0.305 e. The van der Waals surface area contributed by atoms with E-state index >= 15 is 0 Å². The molecular weight excluding hydrogens is 196 g/mol. The summed E-state index contributed by atoms with van der Waals surface area (Å²) in [6, 6.07) is 6.01. The highest BCUT2D eigenvalue weighted by Gasteiger charge is 2.08. The fraction of sp³-hybridized carbons (Fsp3) is 0.500. The maximum atomic E-state index is 12.0. The first-order valence-electron chi connectivity index (χ1n) is 5.09. The molecule has 84 valence electrons. The lowest BCUT2D eigenvalue weighted by atomic mass is 10.0. The highest BCUT2D eigenvalue weighted by atomic mass is 19.3. The second-order valence-corrected chi connectivity index (χ2v) is 3.86. The molecule has 1 unspecified atom stereocenters. The number of hydrogen-bond acceptors (Lipinski definition) is 1. The fourth-order valence-electron chi connectivity index (χ4n) is 1.42. The molecule has 0 bridgehead atoms. The fourth-order valence-corrected chi connectivity index (χ4v) is 1.42. The lowest BCUT2D eigenvalue weighted by Gasteiger charge is -2.15. The van der Waals surface area contributed by atoms with Crippen LogP contribution in [-0.2, 0) is 0 Å². The lowest BCUT2D eigenvalue weighted by molar-refractivity contribution is 0.142. The first-order chi connectivity index (χ1) is 7.00. The summed E-state index contributed by atoms with van der Waals surface area (Å²) in [5.74, 6) is 0. The van der Waals surface area contributed by atoms with Crippen LogP contribution in [-0.4, -0.2) is 13.0 Å². The van der Waals surface area contributed by atoms with Crippen LogP contribution in [0, 0.1) is 13.8 Å². The van der Waals surface area contributed by atoms with Gasteiger partial charge in [0.25, 0.3) is 6.43 Å². The molecule has 0 aliphatic rings. The van der Waals surface area contributed by atoms with Crippen LogP contribution in [0.15, 0.2) is 18.2 Å². The zero-order valence-corrected chi connectivity index (χ0v) is 9.35. The van der Waals surface area contributed by atoms with Gasteiger partial charge in [-0.15, -0.1) is 0 Å². The van der Waals surface area contributed by atoms with Crippen molar-refractivity contribution >= 4 is 0 Å². The quantitative estimate of drug-likeness (QED) is 0.809. The van der Waals surface area contributed by atoms with Crippen LogP contribution in [0.5, 0.6) is 0 Å². The Balaban J connectivity index is 2.65. The molecule has 0 aliphatic carbocycles. The van der Waals surface area contributed by atoms with Crippen molar-refractivity contribution in [3.63, 3.8) is 0 Å². The van der Waals surface area contributed by atoms with Gasteiger partial charge in [-0.3, -0.25) is 0 Å². The Hall–Kier alpha value is -0.960. The highest BCUT2D eigenvalue weighted by Crippen LogP contribution is 2.16. The lowest BCUT2D eigenvalue weighted by Crippen LogP contribution is -2.24. The van der Waals surface area contributed by atoms with Crippen molar-refractivity contribution in [2.75, 3.05) is 6.54 Å². The molecule has 1 aromatic carbocycles. The molecule has 0 amide bonds. The third-order valence-electron chi connectivity index (χ3n) is 2.61. The molecule has 0 radical (unpaired) electrons. The molecule has 1 N–H and O–H groups in total. The molecule has 0 aliphatic heterocycles. The molecule has 1 rings (SSSR count). The van der Waals surface area contributed by atoms with E-state index in [0.717, 1.165) is 5.56 Å². The van der Waals surface area contributed by atoms with E-state index in [1.807, 2.05) is 39.0 Å². The van der Waals surface area contributed by atoms with Gasteiger partial charge in [0.1, 0.15) is 0 Å². The third kappa shape index (κ3) is 3.59. The molecule has 1 atom stereocenters. The molecule has 15 heavy (non-hydrogen) atoms. The Kier molecular flexibility index (Phi) is 4.21. The van der Waals surface area contributed by atoms with E-state index in [9.17, 15) is 8.78 Å². The van der Waals surface area contributed by atoms with Crippen LogP contribution < -0.4 is 5.32 Å².